The highest BCUT2D eigenvalue weighted by Crippen LogP contribution is 2.27. The van der Waals surface area contributed by atoms with Gasteiger partial charge in [-0.15, -0.1) is 0 Å². The lowest BCUT2D eigenvalue weighted by atomic mass is 10.2. The maximum atomic E-state index is 12.2. The van der Waals surface area contributed by atoms with E-state index in [0.717, 1.165) is 6.54 Å². The van der Waals surface area contributed by atoms with Crippen molar-refractivity contribution in [2.45, 2.75) is 25.6 Å². The lowest BCUT2D eigenvalue weighted by Gasteiger charge is -2.13. The van der Waals surface area contributed by atoms with Gasteiger partial charge in [0.05, 0.1) is 6.54 Å². The maximum absolute atomic E-state index is 12.2. The molecule has 22 heavy (non-hydrogen) atoms. The van der Waals surface area contributed by atoms with Crippen molar-refractivity contribution < 1.29 is 22.7 Å². The van der Waals surface area contributed by atoms with E-state index in [9.17, 15) is 18.0 Å². The summed E-state index contributed by atoms with van der Waals surface area (Å²) in [5, 5.41) is 5.72. The first kappa shape index (κ1) is 16.6. The molecule has 0 aliphatic heterocycles. The topological polar surface area (TPSA) is 50.4 Å². The monoisotopic (exact) mass is 316 g/mol. The minimum Gasteiger partial charge on any atom is -0.484 e. The van der Waals surface area contributed by atoms with Crippen molar-refractivity contribution in [3.05, 3.63) is 29.8 Å². The first-order valence-electron chi connectivity index (χ1n) is 7.19. The Balaban J connectivity index is 1.77. The van der Waals surface area contributed by atoms with Gasteiger partial charge in [0.2, 0.25) is 5.91 Å². The lowest BCUT2D eigenvalue weighted by molar-refractivity contribution is -0.153. The Kier molecular flexibility index (Phi) is 5.65. The molecule has 122 valence electrons. The molecule has 1 saturated carbocycles. The summed E-state index contributed by atoms with van der Waals surface area (Å²) < 4.78 is 41.3. The Morgan fingerprint density at radius 3 is 2.68 bits per heavy atom. The van der Waals surface area contributed by atoms with E-state index in [1.807, 2.05) is 0 Å². The van der Waals surface area contributed by atoms with E-state index in [-0.39, 0.29) is 24.7 Å². The summed E-state index contributed by atoms with van der Waals surface area (Å²) in [6.07, 6.45) is -1.97. The molecule has 0 spiro atoms. The Labute approximate surface area is 127 Å². The van der Waals surface area contributed by atoms with Gasteiger partial charge >= 0.3 is 6.18 Å². The molecular weight excluding hydrogens is 297 g/mol. The number of hydrogen-bond acceptors (Lipinski definition) is 3. The fourth-order valence-corrected chi connectivity index (χ4v) is 1.92. The molecule has 0 saturated heterocycles. The fraction of sp³-hybridized carbons (Fsp3) is 0.533. The molecule has 7 heteroatoms. The molecule has 1 aliphatic rings. The summed E-state index contributed by atoms with van der Waals surface area (Å²) in [6.45, 7) is -0.167. The van der Waals surface area contributed by atoms with Gasteiger partial charge in [-0.1, -0.05) is 18.2 Å². The highest BCUT2D eigenvalue weighted by molar-refractivity contribution is 5.78. The van der Waals surface area contributed by atoms with E-state index in [1.165, 1.54) is 18.9 Å². The molecule has 1 aromatic rings. The van der Waals surface area contributed by atoms with Crippen LogP contribution in [-0.2, 0) is 11.3 Å². The van der Waals surface area contributed by atoms with Crippen LogP contribution in [0.1, 0.15) is 18.4 Å². The zero-order chi connectivity index (χ0) is 16.0. The third-order valence-corrected chi connectivity index (χ3v) is 3.26. The molecular formula is C15H19F3N2O2. The molecule has 0 aromatic heterocycles. The number of halogens is 3. The van der Waals surface area contributed by atoms with Crippen LogP contribution in [0.3, 0.4) is 0 Å². The maximum Gasteiger partial charge on any atom is 0.422 e. The van der Waals surface area contributed by atoms with Crippen LogP contribution >= 0.6 is 0 Å². The molecule has 1 fully saturated rings. The first-order chi connectivity index (χ1) is 10.4. The summed E-state index contributed by atoms with van der Waals surface area (Å²) >= 11 is 0. The molecule has 2 N–H and O–H groups in total. The van der Waals surface area contributed by atoms with Gasteiger partial charge in [-0.2, -0.15) is 13.2 Å². The number of amides is 1. The minimum atomic E-state index is -4.39. The van der Waals surface area contributed by atoms with Crippen LogP contribution in [0.4, 0.5) is 13.2 Å². The summed E-state index contributed by atoms with van der Waals surface area (Å²) in [5.41, 5.74) is 0.516. The number of alkyl halides is 3. The van der Waals surface area contributed by atoms with Gasteiger partial charge in [0, 0.05) is 12.1 Å². The Morgan fingerprint density at radius 2 is 2.00 bits per heavy atom. The molecule has 1 aliphatic carbocycles. The number of benzene rings is 1. The second-order valence-electron chi connectivity index (χ2n) is 5.36. The predicted octanol–water partition coefficient (Wildman–Crippen LogP) is 2.24. The van der Waals surface area contributed by atoms with E-state index in [4.69, 9.17) is 4.74 Å². The van der Waals surface area contributed by atoms with Crippen LogP contribution in [-0.4, -0.2) is 31.8 Å². The van der Waals surface area contributed by atoms with E-state index in [1.54, 1.807) is 18.2 Å². The van der Waals surface area contributed by atoms with Crippen molar-refractivity contribution in [1.29, 1.82) is 0 Å². The average Bonchev–Trinajstić information content (AvgIpc) is 3.27. The smallest absolute Gasteiger partial charge is 0.422 e. The molecule has 0 radical (unpaired) electrons. The largest absolute Gasteiger partial charge is 0.484 e. The number of carbonyl (C=O) groups excluding carboxylic acids is 1. The predicted molar refractivity (Wildman–Crippen MR) is 75.4 cm³/mol. The van der Waals surface area contributed by atoms with Gasteiger partial charge in [-0.25, -0.2) is 0 Å². The van der Waals surface area contributed by atoms with E-state index in [2.05, 4.69) is 10.6 Å². The zero-order valence-corrected chi connectivity index (χ0v) is 12.1. The highest BCUT2D eigenvalue weighted by Gasteiger charge is 2.28. The summed E-state index contributed by atoms with van der Waals surface area (Å²) in [6, 6.07) is 6.36. The number of para-hydroxylation sites is 1. The Bertz CT molecular complexity index is 502. The van der Waals surface area contributed by atoms with Crippen LogP contribution in [0.15, 0.2) is 24.3 Å². The Hall–Kier alpha value is -1.76. The number of hydrogen-bond donors (Lipinski definition) is 2. The first-order valence-corrected chi connectivity index (χ1v) is 7.19. The van der Waals surface area contributed by atoms with Crippen LogP contribution in [0.25, 0.3) is 0 Å². The standard InChI is InChI=1S/C15H19F3N2O2/c16-15(17,18)10-22-13-4-2-1-3-12(13)8-20-14(21)9-19-7-11-5-6-11/h1-4,11,19H,5-10H2,(H,20,21). The second-order valence-corrected chi connectivity index (χ2v) is 5.36. The molecule has 1 aromatic carbocycles. The molecule has 0 unspecified atom stereocenters. The van der Waals surface area contributed by atoms with Gasteiger partial charge < -0.3 is 15.4 Å². The number of nitrogens with one attached hydrogen (secondary N) is 2. The van der Waals surface area contributed by atoms with E-state index >= 15 is 0 Å². The molecule has 4 nitrogen and oxygen atoms in total. The minimum absolute atomic E-state index is 0.131. The Morgan fingerprint density at radius 1 is 1.27 bits per heavy atom. The summed E-state index contributed by atoms with van der Waals surface area (Å²) in [4.78, 5) is 11.7. The van der Waals surface area contributed by atoms with Crippen LogP contribution in [0.5, 0.6) is 5.75 Å². The van der Waals surface area contributed by atoms with Crippen molar-refractivity contribution >= 4 is 5.91 Å². The number of carbonyl (C=O) groups is 1. The van der Waals surface area contributed by atoms with Gasteiger partial charge in [-0.05, 0) is 31.4 Å². The summed E-state index contributed by atoms with van der Waals surface area (Å²) in [5.74, 6) is 0.627. The number of rotatable bonds is 8. The highest BCUT2D eigenvalue weighted by atomic mass is 19.4. The molecule has 1 amide bonds. The quantitative estimate of drug-likeness (QED) is 0.773. The van der Waals surface area contributed by atoms with Crippen molar-refractivity contribution in [1.82, 2.24) is 10.6 Å². The van der Waals surface area contributed by atoms with Crippen molar-refractivity contribution in [3.63, 3.8) is 0 Å². The van der Waals surface area contributed by atoms with E-state index in [0.29, 0.717) is 11.5 Å². The fourth-order valence-electron chi connectivity index (χ4n) is 1.92. The lowest BCUT2D eigenvalue weighted by Crippen LogP contribution is -2.34. The molecule has 0 atom stereocenters. The summed E-state index contributed by atoms with van der Waals surface area (Å²) in [7, 11) is 0. The van der Waals surface area contributed by atoms with Crippen LogP contribution in [0, 0.1) is 5.92 Å². The zero-order valence-electron chi connectivity index (χ0n) is 12.1. The normalized spacial score (nSPS) is 14.7. The van der Waals surface area contributed by atoms with Crippen molar-refractivity contribution in [2.75, 3.05) is 19.7 Å². The SMILES string of the molecule is O=C(CNCC1CC1)NCc1ccccc1OCC(F)(F)F. The third-order valence-electron chi connectivity index (χ3n) is 3.26. The third kappa shape index (κ3) is 6.34. The van der Waals surface area contributed by atoms with E-state index < -0.39 is 12.8 Å². The van der Waals surface area contributed by atoms with Crippen molar-refractivity contribution in [2.24, 2.45) is 5.92 Å². The van der Waals surface area contributed by atoms with Gasteiger partial charge in [0.25, 0.3) is 0 Å². The van der Waals surface area contributed by atoms with Crippen molar-refractivity contribution in [3.8, 4) is 5.75 Å². The molecule has 0 bridgehead atoms. The van der Waals surface area contributed by atoms with Crippen LogP contribution < -0.4 is 15.4 Å². The second kappa shape index (κ2) is 7.49. The van der Waals surface area contributed by atoms with Gasteiger partial charge in [-0.3, -0.25) is 4.79 Å². The molecule has 0 heterocycles. The van der Waals surface area contributed by atoms with Gasteiger partial charge in [0.1, 0.15) is 5.75 Å². The number of ether oxygens (including phenoxy) is 1. The van der Waals surface area contributed by atoms with Crippen LogP contribution in [0.2, 0.25) is 0 Å². The average molecular weight is 316 g/mol. The molecule has 2 rings (SSSR count). The van der Waals surface area contributed by atoms with Gasteiger partial charge in [0.15, 0.2) is 6.61 Å².